The Morgan fingerprint density at radius 1 is 1.41 bits per heavy atom. The highest BCUT2D eigenvalue weighted by Crippen LogP contribution is 2.44. The van der Waals surface area contributed by atoms with Crippen LogP contribution >= 0.6 is 31.9 Å². The number of ether oxygens (including phenoxy) is 2. The Kier molecular flexibility index (Phi) is 5.70. The number of rotatable bonds is 4. The number of furan rings is 1. The molecule has 0 spiro atoms. The Hall–Kier alpha value is -1.38. The van der Waals surface area contributed by atoms with E-state index in [0.717, 1.165) is 10.1 Å². The Morgan fingerprint density at radius 3 is 2.70 bits per heavy atom. The normalized spacial score (nSPS) is 21.8. The largest absolute Gasteiger partial charge is 0.459 e. The van der Waals surface area contributed by atoms with E-state index >= 15 is 0 Å². The molecule has 0 bridgehead atoms. The van der Waals surface area contributed by atoms with E-state index in [0.29, 0.717) is 46.3 Å². The van der Waals surface area contributed by atoms with Gasteiger partial charge < -0.3 is 18.9 Å². The molecule has 1 aliphatic rings. The SMILES string of the molecule is COC1(CC(Br)=C(C)C)c2[nH]c3oc(Br)cc3c(=O)c2CCC1OC(C)=O. The molecule has 1 N–H and O–H groups in total. The van der Waals surface area contributed by atoms with Crippen LogP contribution in [-0.4, -0.2) is 24.2 Å². The van der Waals surface area contributed by atoms with Crippen molar-refractivity contribution in [2.75, 3.05) is 7.11 Å². The van der Waals surface area contributed by atoms with E-state index in [1.165, 1.54) is 6.92 Å². The number of H-pyrrole nitrogens is 1. The maximum atomic E-state index is 13.1. The summed E-state index contributed by atoms with van der Waals surface area (Å²) in [5, 5.41) is 0.484. The van der Waals surface area contributed by atoms with Gasteiger partial charge in [0.2, 0.25) is 5.71 Å². The number of aromatic amines is 1. The predicted octanol–water partition coefficient (Wildman–Crippen LogP) is 4.68. The third-order valence-electron chi connectivity index (χ3n) is 4.99. The van der Waals surface area contributed by atoms with Crippen molar-refractivity contribution in [1.82, 2.24) is 4.98 Å². The molecule has 0 aliphatic heterocycles. The summed E-state index contributed by atoms with van der Waals surface area (Å²) < 4.78 is 18.6. The fourth-order valence-electron chi connectivity index (χ4n) is 3.63. The van der Waals surface area contributed by atoms with Crippen LogP contribution in [0.5, 0.6) is 0 Å². The molecular formula is C19H21Br2NO5. The number of pyridine rings is 1. The van der Waals surface area contributed by atoms with Crippen molar-refractivity contribution in [3.05, 3.63) is 42.3 Å². The molecule has 1 aliphatic carbocycles. The second kappa shape index (κ2) is 7.56. The fraction of sp³-hybridized carbons (Fsp3) is 0.474. The van der Waals surface area contributed by atoms with Crippen LogP contribution in [0.3, 0.4) is 0 Å². The van der Waals surface area contributed by atoms with E-state index in [4.69, 9.17) is 13.9 Å². The van der Waals surface area contributed by atoms with Crippen molar-refractivity contribution < 1.29 is 18.7 Å². The Balaban J connectivity index is 2.29. The molecule has 2 atom stereocenters. The van der Waals surface area contributed by atoms with Crippen LogP contribution in [0, 0.1) is 0 Å². The topological polar surface area (TPSA) is 81.5 Å². The molecule has 2 unspecified atom stereocenters. The number of carbonyl (C=O) groups is 1. The van der Waals surface area contributed by atoms with E-state index in [-0.39, 0.29) is 11.4 Å². The van der Waals surface area contributed by atoms with Gasteiger partial charge in [0.25, 0.3) is 0 Å². The average molecular weight is 503 g/mol. The molecule has 6 nitrogen and oxygen atoms in total. The Labute approximate surface area is 173 Å². The molecule has 3 rings (SSSR count). The number of allylic oxidation sites excluding steroid dienone is 1. The number of esters is 1. The van der Waals surface area contributed by atoms with E-state index in [1.54, 1.807) is 13.2 Å². The van der Waals surface area contributed by atoms with Crippen LogP contribution in [0.4, 0.5) is 0 Å². The summed E-state index contributed by atoms with van der Waals surface area (Å²) in [6.07, 6.45) is 0.863. The lowest BCUT2D eigenvalue weighted by atomic mass is 9.77. The lowest BCUT2D eigenvalue weighted by Crippen LogP contribution is -2.49. The lowest BCUT2D eigenvalue weighted by molar-refractivity contribution is -0.173. The van der Waals surface area contributed by atoms with Crippen LogP contribution in [0.15, 0.2) is 30.0 Å². The van der Waals surface area contributed by atoms with Crippen molar-refractivity contribution >= 4 is 48.9 Å². The summed E-state index contributed by atoms with van der Waals surface area (Å²) in [5.74, 6) is -0.387. The highest BCUT2D eigenvalue weighted by atomic mass is 79.9. The maximum Gasteiger partial charge on any atom is 0.303 e. The van der Waals surface area contributed by atoms with Crippen LogP contribution in [0.25, 0.3) is 11.1 Å². The van der Waals surface area contributed by atoms with Crippen molar-refractivity contribution in [1.29, 1.82) is 0 Å². The van der Waals surface area contributed by atoms with E-state index in [2.05, 4.69) is 36.8 Å². The first kappa shape index (κ1) is 20.4. The molecule has 8 heteroatoms. The van der Waals surface area contributed by atoms with Gasteiger partial charge >= 0.3 is 5.97 Å². The number of aromatic nitrogens is 1. The first-order chi connectivity index (χ1) is 12.7. The smallest absolute Gasteiger partial charge is 0.303 e. The van der Waals surface area contributed by atoms with Crippen LogP contribution in [0.2, 0.25) is 0 Å². The highest BCUT2D eigenvalue weighted by Gasteiger charge is 2.49. The summed E-state index contributed by atoms with van der Waals surface area (Å²) in [6, 6.07) is 1.66. The minimum Gasteiger partial charge on any atom is -0.459 e. The van der Waals surface area contributed by atoms with E-state index in [1.807, 2.05) is 13.8 Å². The first-order valence-corrected chi connectivity index (χ1v) is 10.2. The first-order valence-electron chi connectivity index (χ1n) is 8.58. The molecule has 27 heavy (non-hydrogen) atoms. The minimum atomic E-state index is -1.03. The third-order valence-corrected chi connectivity index (χ3v) is 6.46. The summed E-state index contributed by atoms with van der Waals surface area (Å²) in [5.41, 5.74) is 1.55. The van der Waals surface area contributed by atoms with Crippen LogP contribution in [-0.2, 0) is 26.3 Å². The monoisotopic (exact) mass is 501 g/mol. The fourth-order valence-corrected chi connectivity index (χ4v) is 4.43. The molecular weight excluding hydrogens is 482 g/mol. The standard InChI is InChI=1S/C19H21Br2NO5/c1-9(2)13(20)8-19(25-4)14(26-10(3)23)6-5-11-16(24)12-7-15(21)27-18(12)22-17(11)19/h7,14H,5-6,8H2,1-4H3,(H,22,24). The van der Waals surface area contributed by atoms with E-state index < -0.39 is 11.7 Å². The predicted molar refractivity (Wildman–Crippen MR) is 109 cm³/mol. The molecule has 2 heterocycles. The maximum absolute atomic E-state index is 13.1. The van der Waals surface area contributed by atoms with Gasteiger partial charge in [0, 0.05) is 32.1 Å². The number of methoxy groups -OCH3 is 1. The number of halogens is 2. The molecule has 0 saturated carbocycles. The molecule has 0 saturated heterocycles. The van der Waals surface area contributed by atoms with E-state index in [9.17, 15) is 9.59 Å². The molecule has 0 radical (unpaired) electrons. The third kappa shape index (κ3) is 3.54. The molecule has 146 valence electrons. The molecule has 2 aromatic heterocycles. The lowest BCUT2D eigenvalue weighted by Gasteiger charge is -2.43. The Morgan fingerprint density at radius 2 is 2.11 bits per heavy atom. The summed E-state index contributed by atoms with van der Waals surface area (Å²) >= 11 is 6.88. The minimum absolute atomic E-state index is 0.0933. The summed E-state index contributed by atoms with van der Waals surface area (Å²) in [4.78, 5) is 28.0. The number of fused-ring (bicyclic) bond motifs is 2. The van der Waals surface area contributed by atoms with Gasteiger partial charge in [-0.3, -0.25) is 9.59 Å². The number of hydrogen-bond acceptors (Lipinski definition) is 5. The van der Waals surface area contributed by atoms with Gasteiger partial charge in [0.05, 0.1) is 11.1 Å². The summed E-state index contributed by atoms with van der Waals surface area (Å²) in [7, 11) is 1.57. The molecule has 0 fully saturated rings. The number of carbonyl (C=O) groups excluding carboxylic acids is 1. The van der Waals surface area contributed by atoms with Crippen molar-refractivity contribution in [2.45, 2.75) is 51.7 Å². The zero-order valence-electron chi connectivity index (χ0n) is 15.6. The Bertz CT molecular complexity index is 986. The van der Waals surface area contributed by atoms with Crippen molar-refractivity contribution in [3.8, 4) is 0 Å². The van der Waals surface area contributed by atoms with Gasteiger partial charge in [-0.25, -0.2) is 0 Å². The number of nitrogens with one attached hydrogen (secondary N) is 1. The number of hydrogen-bond donors (Lipinski definition) is 1. The summed E-state index contributed by atoms with van der Waals surface area (Å²) in [6.45, 7) is 5.34. The van der Waals surface area contributed by atoms with Gasteiger partial charge in [-0.15, -0.1) is 0 Å². The van der Waals surface area contributed by atoms with Crippen LogP contribution < -0.4 is 5.43 Å². The zero-order valence-corrected chi connectivity index (χ0v) is 18.7. The molecule has 0 amide bonds. The highest BCUT2D eigenvalue weighted by molar-refractivity contribution is 9.11. The second-order valence-corrected chi connectivity index (χ2v) is 8.65. The van der Waals surface area contributed by atoms with Gasteiger partial charge in [-0.2, -0.15) is 0 Å². The molecule has 0 aromatic carbocycles. The van der Waals surface area contributed by atoms with Crippen molar-refractivity contribution in [2.24, 2.45) is 0 Å². The average Bonchev–Trinajstić information content (AvgIpc) is 2.97. The van der Waals surface area contributed by atoms with Crippen LogP contribution in [0.1, 0.15) is 44.9 Å². The van der Waals surface area contributed by atoms with Gasteiger partial charge in [-0.05, 0) is 47.1 Å². The van der Waals surface area contributed by atoms with Gasteiger partial charge in [0.15, 0.2) is 10.1 Å². The quantitative estimate of drug-likeness (QED) is 0.613. The van der Waals surface area contributed by atoms with Crippen molar-refractivity contribution in [3.63, 3.8) is 0 Å². The second-order valence-electron chi connectivity index (χ2n) is 6.91. The zero-order chi connectivity index (χ0) is 19.9. The van der Waals surface area contributed by atoms with Gasteiger partial charge in [-0.1, -0.05) is 21.5 Å². The molecule has 2 aromatic rings. The van der Waals surface area contributed by atoms with Gasteiger partial charge in [0.1, 0.15) is 11.7 Å².